The molecule has 0 atom stereocenters. The van der Waals surface area contributed by atoms with Gasteiger partial charge in [-0.3, -0.25) is 9.59 Å². The second kappa shape index (κ2) is 39.7. The van der Waals surface area contributed by atoms with Crippen LogP contribution in [-0.4, -0.2) is 82.4 Å². The van der Waals surface area contributed by atoms with Crippen LogP contribution >= 0.6 is 67.3 Å². The van der Waals surface area contributed by atoms with Crippen LogP contribution in [0.2, 0.25) is 0 Å². The van der Waals surface area contributed by atoms with Gasteiger partial charge in [-0.05, 0) is 219 Å². The summed E-state index contributed by atoms with van der Waals surface area (Å²) < 4.78 is 19.3. The molecule has 0 amide bonds. The number of carbonyl (C=O) groups excluding carboxylic acids is 4. The van der Waals surface area contributed by atoms with Gasteiger partial charge in [0.2, 0.25) is 5.02 Å². The van der Waals surface area contributed by atoms with Gasteiger partial charge in [0.25, 0.3) is 0 Å². The quantitative estimate of drug-likeness (QED) is 0.0154. The van der Waals surface area contributed by atoms with Crippen LogP contribution in [0.4, 0.5) is 0 Å². The van der Waals surface area contributed by atoms with E-state index in [1.54, 1.807) is 49.1 Å². The summed E-state index contributed by atoms with van der Waals surface area (Å²) in [6.45, 7) is 4.38. The Morgan fingerprint density at radius 2 is 0.890 bits per heavy atom. The third-order valence-corrected chi connectivity index (χ3v) is 19.3. The van der Waals surface area contributed by atoms with Crippen molar-refractivity contribution in [3.8, 4) is 23.0 Å². The van der Waals surface area contributed by atoms with Crippen LogP contribution in [0.25, 0.3) is 6.08 Å². The molecular formula is C71H79Cl6O12PTi. The second-order valence-corrected chi connectivity index (χ2v) is 40.6. The summed E-state index contributed by atoms with van der Waals surface area (Å²) in [7, 11) is 21.5. The zero-order chi connectivity index (χ0) is 66.3. The Labute approximate surface area is 564 Å². The molecule has 0 spiro atoms. The Kier molecular flexibility index (Phi) is 33.2. The molecule has 7 aromatic carbocycles. The fourth-order valence-corrected chi connectivity index (χ4v) is 14.8. The van der Waals surface area contributed by atoms with Crippen LogP contribution in [0.3, 0.4) is 0 Å². The Hall–Kier alpha value is -5.73. The van der Waals surface area contributed by atoms with E-state index in [-0.39, 0.29) is 17.9 Å². The third-order valence-electron chi connectivity index (χ3n) is 15.0. The van der Waals surface area contributed by atoms with Crippen molar-refractivity contribution in [2.75, 3.05) is 26.9 Å². The molecule has 0 fully saturated rings. The van der Waals surface area contributed by atoms with Crippen LogP contribution < -0.4 is 15.9 Å². The number of benzene rings is 7. The number of rotatable bonds is 14. The van der Waals surface area contributed by atoms with Crippen molar-refractivity contribution in [1.29, 1.82) is 0 Å². The molecule has 20 heteroatoms. The number of ether oxygens (including phenoxy) is 4. The molecule has 0 aliphatic heterocycles. The van der Waals surface area contributed by atoms with Gasteiger partial charge in [0.15, 0.2) is 0 Å². The fraction of sp³-hybridized carbons (Fsp3) is 0.310. The average Bonchev–Trinajstić information content (AvgIpc) is 1.77. The van der Waals surface area contributed by atoms with E-state index < -0.39 is 24.3 Å². The van der Waals surface area contributed by atoms with Crippen molar-refractivity contribution in [3.05, 3.63) is 213 Å². The summed E-state index contributed by atoms with van der Waals surface area (Å²) in [5.74, 6) is 2.65. The van der Waals surface area contributed by atoms with Gasteiger partial charge in [-0.25, -0.2) is 9.59 Å². The van der Waals surface area contributed by atoms with Gasteiger partial charge in [0, 0.05) is 31.0 Å². The number of halogens is 6. The first-order valence-corrected chi connectivity index (χ1v) is 41.4. The number of phenolic OH excluding ortho intramolecular Hbond substituents is 4. The first-order valence-electron chi connectivity index (χ1n) is 30.1. The van der Waals surface area contributed by atoms with Crippen molar-refractivity contribution < 1.29 is 70.9 Å². The molecule has 7 aromatic rings. The number of fused-ring (bicyclic) bond motifs is 4. The van der Waals surface area contributed by atoms with Crippen LogP contribution in [0, 0.1) is 0 Å². The molecule has 0 saturated carbocycles. The Morgan fingerprint density at radius 3 is 1.35 bits per heavy atom. The van der Waals surface area contributed by atoms with Gasteiger partial charge in [0.1, 0.15) is 29.3 Å². The van der Waals surface area contributed by atoms with Gasteiger partial charge in [-0.2, -0.15) is 0 Å². The van der Waals surface area contributed by atoms with Gasteiger partial charge in [-0.1, -0.05) is 138 Å². The van der Waals surface area contributed by atoms with Gasteiger partial charge < -0.3 is 39.4 Å². The minimum atomic E-state index is -3.11. The molecule has 0 aromatic heterocycles. The normalized spacial score (nSPS) is 12.9. The molecule has 0 saturated heterocycles. The first kappa shape index (κ1) is 76.0. The number of hydrogen-bond donors (Lipinski definition) is 4. The number of carbonyl (C=O) groups is 4. The van der Waals surface area contributed by atoms with Crippen molar-refractivity contribution in [3.63, 3.8) is 0 Å². The van der Waals surface area contributed by atoms with E-state index in [9.17, 15) is 39.6 Å². The summed E-state index contributed by atoms with van der Waals surface area (Å²) >= 11 is 6.90. The summed E-state index contributed by atoms with van der Waals surface area (Å²) in [4.78, 5) is 45.7. The molecule has 11 rings (SSSR count). The zero-order valence-corrected chi connectivity index (χ0v) is 58.5. The van der Waals surface area contributed by atoms with Crippen molar-refractivity contribution in [2.24, 2.45) is 0 Å². The minimum absolute atomic E-state index is 0.146. The monoisotopic (exact) mass is 1410 g/mol. The summed E-state index contributed by atoms with van der Waals surface area (Å²) in [6, 6.07) is 47.0. The number of methoxy groups -OCH3 is 1. The van der Waals surface area contributed by atoms with E-state index in [0.717, 1.165) is 132 Å². The van der Waals surface area contributed by atoms with Gasteiger partial charge in [-0.15, -0.1) is 0 Å². The van der Waals surface area contributed by atoms with Crippen LogP contribution in [0.5, 0.6) is 23.0 Å². The van der Waals surface area contributed by atoms with Crippen molar-refractivity contribution in [1.82, 2.24) is 0 Å². The SMILES string of the molecule is CCOC(=O)/C=C/c1ccc(O)c2c1CCC2.CCOC(=O)C=P(c1ccccc1)(c1ccccc1)c1ccccc1.CCOC(=O)CCc1ccc(O)c2c1CCC2.COC(Cl)Cl.O=Cc1ccc(O)c2c1CCC2.Oc1cccc2c1CCC2.[Cl][Ti]([Cl])([Cl])[Cl]. The number of phenols is 4. The number of alkyl halides is 2. The molecule has 4 aliphatic carbocycles. The topological polar surface area (TPSA) is 186 Å². The molecule has 0 radical (unpaired) electrons. The molecule has 4 aliphatic rings. The van der Waals surface area contributed by atoms with E-state index >= 15 is 0 Å². The number of esters is 3. The fourth-order valence-electron chi connectivity index (χ4n) is 11.1. The number of aryl methyl sites for hydroxylation is 2. The molecular weight excluding hydrogens is 1340 g/mol. The van der Waals surface area contributed by atoms with E-state index in [2.05, 4.69) is 47.2 Å². The number of aldehydes is 1. The van der Waals surface area contributed by atoms with Crippen LogP contribution in [0.1, 0.15) is 119 Å². The standard InChI is InChI=1S/C22H21O2P.C14H18O3.C14H16O3.C10H10O2.C9H10O.C2H4Cl2O.4ClH.Ti/c1-2-24-22(23)18-25(19-12-6-3-7-13-19,20-14-8-4-9-15-20)21-16-10-5-11-17-21;2*1-2-17-14(16)9-7-10-6-8-13(15)12-5-3-4-11(10)12;11-6-7-4-5-10(12)9-3-1-2-8(7)9;10-9-6-2-4-7-3-1-5-8(7)9;1-5-2(3)4;;;;;/h3-18H,2H2,1H3;6,8,15H,2-5,7,9H2,1H3;6-9,15H,2-5H2,1H3;4-6,12H,1-3H2;2,4,6,10H,1,3,5H2;2H,1H3;4*1H;/q;;;;;;;;;;+4/p-4/b;;9-7+;;;;;;;;. The average molecular weight is 1420 g/mol. The number of aromatic hydroxyl groups is 4. The molecule has 0 heterocycles. The Bertz CT molecular complexity index is 3440. The summed E-state index contributed by atoms with van der Waals surface area (Å²) in [5, 5.41) is 40.9. The Balaban J connectivity index is 0.000000204. The summed E-state index contributed by atoms with van der Waals surface area (Å²) in [6.07, 6.45) is 17.5. The molecule has 0 unspecified atom stereocenters. The zero-order valence-electron chi connectivity index (χ0n) is 51.5. The first-order chi connectivity index (χ1) is 43.7. The maximum atomic E-state index is 12.5. The van der Waals surface area contributed by atoms with Gasteiger partial charge >= 0.3 is 67.5 Å². The predicted molar refractivity (Wildman–Crippen MR) is 370 cm³/mol. The van der Waals surface area contributed by atoms with E-state index in [1.807, 2.05) is 86.6 Å². The Morgan fingerprint density at radius 1 is 0.495 bits per heavy atom. The van der Waals surface area contributed by atoms with Crippen molar-refractivity contribution >= 4 is 119 Å². The van der Waals surface area contributed by atoms with E-state index in [4.69, 9.17) is 74.6 Å². The molecule has 0 bridgehead atoms. The molecule has 4 N–H and O–H groups in total. The van der Waals surface area contributed by atoms with Crippen molar-refractivity contribution in [2.45, 2.75) is 116 Å². The predicted octanol–water partition coefficient (Wildman–Crippen LogP) is 15.9. The maximum absolute atomic E-state index is 12.5. The van der Waals surface area contributed by atoms with E-state index in [1.165, 1.54) is 41.9 Å². The van der Waals surface area contributed by atoms with E-state index in [0.29, 0.717) is 55.7 Å². The third kappa shape index (κ3) is 24.3. The molecule has 486 valence electrons. The molecule has 12 nitrogen and oxygen atoms in total. The summed E-state index contributed by atoms with van der Waals surface area (Å²) in [5.41, 5.74) is 11.9. The van der Waals surface area contributed by atoms with Gasteiger partial charge in [0.05, 0.1) is 19.8 Å². The van der Waals surface area contributed by atoms with Crippen LogP contribution in [-0.2, 0) is 103 Å². The van der Waals surface area contributed by atoms with Crippen LogP contribution in [0.15, 0.2) is 152 Å². The second-order valence-electron chi connectivity index (χ2n) is 20.8. The molecule has 91 heavy (non-hydrogen) atoms. The number of hydrogen-bond acceptors (Lipinski definition) is 12.